The minimum Gasteiger partial charge on any atom is -0.497 e. The minimum atomic E-state index is 0.0805. The van der Waals surface area contributed by atoms with E-state index in [9.17, 15) is 4.79 Å². The number of carbonyl (C=O) groups excluding carboxylic acids is 1. The molecule has 1 atom stereocenters. The molecule has 1 aliphatic carbocycles. The molecular formula is C24H26N2O2. The number of amides is 1. The topological polar surface area (TPSA) is 42.4 Å². The molecule has 1 saturated carbocycles. The zero-order chi connectivity index (χ0) is 19.7. The van der Waals surface area contributed by atoms with Crippen molar-refractivity contribution in [2.24, 2.45) is 5.92 Å². The number of rotatable bonds is 6. The van der Waals surface area contributed by atoms with Crippen molar-refractivity contribution < 1.29 is 9.53 Å². The molecule has 4 rings (SSSR count). The van der Waals surface area contributed by atoms with Crippen molar-refractivity contribution in [2.45, 2.75) is 39.3 Å². The summed E-state index contributed by atoms with van der Waals surface area (Å²) >= 11 is 0. The van der Waals surface area contributed by atoms with Crippen molar-refractivity contribution in [3.05, 3.63) is 71.4 Å². The maximum absolute atomic E-state index is 13.7. The Morgan fingerprint density at radius 3 is 2.57 bits per heavy atom. The van der Waals surface area contributed by atoms with Crippen LogP contribution in [0.25, 0.3) is 10.9 Å². The average molecular weight is 374 g/mol. The molecule has 4 heteroatoms. The second-order valence-electron chi connectivity index (χ2n) is 7.69. The third kappa shape index (κ3) is 3.72. The fourth-order valence-electron chi connectivity index (χ4n) is 3.80. The highest BCUT2D eigenvalue weighted by atomic mass is 16.5. The Labute approximate surface area is 166 Å². The van der Waals surface area contributed by atoms with Crippen LogP contribution in [0.3, 0.4) is 0 Å². The van der Waals surface area contributed by atoms with Crippen molar-refractivity contribution in [1.29, 1.82) is 0 Å². The molecule has 1 unspecified atom stereocenters. The van der Waals surface area contributed by atoms with Gasteiger partial charge in [-0.1, -0.05) is 30.3 Å². The second-order valence-corrected chi connectivity index (χ2v) is 7.69. The van der Waals surface area contributed by atoms with Gasteiger partial charge in [0.05, 0.1) is 18.2 Å². The van der Waals surface area contributed by atoms with Crippen LogP contribution in [0.2, 0.25) is 0 Å². The molecule has 1 aliphatic rings. The van der Waals surface area contributed by atoms with Gasteiger partial charge in [0.25, 0.3) is 5.91 Å². The van der Waals surface area contributed by atoms with E-state index in [1.54, 1.807) is 7.11 Å². The van der Waals surface area contributed by atoms with E-state index in [0.29, 0.717) is 12.5 Å². The lowest BCUT2D eigenvalue weighted by Crippen LogP contribution is -2.39. The van der Waals surface area contributed by atoms with E-state index in [2.05, 4.69) is 11.9 Å². The molecule has 0 aliphatic heterocycles. The van der Waals surface area contributed by atoms with Crippen LogP contribution in [-0.2, 0) is 6.54 Å². The van der Waals surface area contributed by atoms with Crippen molar-refractivity contribution in [1.82, 2.24) is 9.88 Å². The van der Waals surface area contributed by atoms with E-state index in [0.717, 1.165) is 33.5 Å². The normalized spacial score (nSPS) is 14.7. The lowest BCUT2D eigenvalue weighted by molar-refractivity contribution is 0.0656. The van der Waals surface area contributed by atoms with E-state index in [1.807, 2.05) is 66.4 Å². The van der Waals surface area contributed by atoms with Crippen LogP contribution in [-0.4, -0.2) is 28.9 Å². The van der Waals surface area contributed by atoms with Crippen molar-refractivity contribution in [3.63, 3.8) is 0 Å². The largest absolute Gasteiger partial charge is 0.497 e. The van der Waals surface area contributed by atoms with E-state index >= 15 is 0 Å². The summed E-state index contributed by atoms with van der Waals surface area (Å²) in [4.78, 5) is 20.3. The van der Waals surface area contributed by atoms with Crippen molar-refractivity contribution in [2.75, 3.05) is 7.11 Å². The Bertz CT molecular complexity index is 993. The first kappa shape index (κ1) is 18.5. The van der Waals surface area contributed by atoms with Crippen LogP contribution >= 0.6 is 0 Å². The summed E-state index contributed by atoms with van der Waals surface area (Å²) in [6.45, 7) is 4.72. The molecule has 0 spiro atoms. The third-order valence-corrected chi connectivity index (χ3v) is 5.64. The molecule has 0 radical (unpaired) electrons. The zero-order valence-corrected chi connectivity index (χ0v) is 16.7. The van der Waals surface area contributed by atoms with Gasteiger partial charge in [-0.3, -0.25) is 9.78 Å². The highest BCUT2D eigenvalue weighted by molar-refractivity contribution is 6.06. The SMILES string of the molecule is COc1ccc(CN(C(=O)c2cc(C)nc3ccccc23)C(C)C2CC2)cc1. The molecule has 0 saturated heterocycles. The number of ether oxygens (including phenoxy) is 1. The number of carbonyl (C=O) groups is 1. The summed E-state index contributed by atoms with van der Waals surface area (Å²) in [6, 6.07) is 18.0. The van der Waals surface area contributed by atoms with Gasteiger partial charge in [-0.2, -0.15) is 0 Å². The van der Waals surface area contributed by atoms with Gasteiger partial charge in [0.15, 0.2) is 0 Å². The smallest absolute Gasteiger partial charge is 0.255 e. The molecule has 28 heavy (non-hydrogen) atoms. The number of hydrogen-bond donors (Lipinski definition) is 0. The number of methoxy groups -OCH3 is 1. The van der Waals surface area contributed by atoms with Gasteiger partial charge >= 0.3 is 0 Å². The fourth-order valence-corrected chi connectivity index (χ4v) is 3.80. The standard InChI is InChI=1S/C24H26N2O2/c1-16-14-22(21-6-4-5-7-23(21)25-16)24(27)26(17(2)19-10-11-19)15-18-8-12-20(28-3)13-9-18/h4-9,12-14,17,19H,10-11,15H2,1-3H3. The first-order valence-corrected chi connectivity index (χ1v) is 9.87. The fraction of sp³-hybridized carbons (Fsp3) is 0.333. The summed E-state index contributed by atoms with van der Waals surface area (Å²) in [5.41, 5.74) is 3.58. The molecule has 2 aromatic carbocycles. The highest BCUT2D eigenvalue weighted by Crippen LogP contribution is 2.36. The van der Waals surface area contributed by atoms with Crippen LogP contribution in [0.15, 0.2) is 54.6 Å². The summed E-state index contributed by atoms with van der Waals surface area (Å²) in [5, 5.41) is 0.917. The molecule has 4 nitrogen and oxygen atoms in total. The molecule has 1 fully saturated rings. The minimum absolute atomic E-state index is 0.0805. The maximum Gasteiger partial charge on any atom is 0.255 e. The number of hydrogen-bond acceptors (Lipinski definition) is 3. The molecule has 3 aromatic rings. The number of benzene rings is 2. The summed E-state index contributed by atoms with van der Waals surface area (Å²) < 4.78 is 5.26. The number of aromatic nitrogens is 1. The zero-order valence-electron chi connectivity index (χ0n) is 16.7. The summed E-state index contributed by atoms with van der Waals surface area (Å²) in [7, 11) is 1.66. The number of nitrogens with zero attached hydrogens (tertiary/aromatic N) is 2. The van der Waals surface area contributed by atoms with Gasteiger partial charge in [-0.05, 0) is 62.4 Å². The Hall–Kier alpha value is -2.88. The lowest BCUT2D eigenvalue weighted by atomic mass is 10.0. The van der Waals surface area contributed by atoms with Gasteiger partial charge in [-0.25, -0.2) is 0 Å². The predicted octanol–water partition coefficient (Wildman–Crippen LogP) is 4.99. The van der Waals surface area contributed by atoms with Crippen molar-refractivity contribution >= 4 is 16.8 Å². The van der Waals surface area contributed by atoms with E-state index in [4.69, 9.17) is 4.74 Å². The molecule has 144 valence electrons. The van der Waals surface area contributed by atoms with Gasteiger partial charge in [0, 0.05) is 23.7 Å². The quantitative estimate of drug-likeness (QED) is 0.610. The monoisotopic (exact) mass is 374 g/mol. The molecule has 1 heterocycles. The van der Waals surface area contributed by atoms with Crippen LogP contribution < -0.4 is 4.74 Å². The van der Waals surface area contributed by atoms with Gasteiger partial charge < -0.3 is 9.64 Å². The van der Waals surface area contributed by atoms with Crippen LogP contribution in [0.1, 0.15) is 41.4 Å². The Balaban J connectivity index is 1.71. The van der Waals surface area contributed by atoms with Crippen LogP contribution in [0, 0.1) is 12.8 Å². The predicted molar refractivity (Wildman–Crippen MR) is 112 cm³/mol. The van der Waals surface area contributed by atoms with Gasteiger partial charge in [0.2, 0.25) is 0 Å². The van der Waals surface area contributed by atoms with E-state index < -0.39 is 0 Å². The maximum atomic E-state index is 13.7. The van der Waals surface area contributed by atoms with Crippen LogP contribution in [0.5, 0.6) is 5.75 Å². The number of aryl methyl sites for hydroxylation is 1. The summed E-state index contributed by atoms with van der Waals surface area (Å²) in [5.74, 6) is 1.50. The highest BCUT2D eigenvalue weighted by Gasteiger charge is 2.35. The van der Waals surface area contributed by atoms with E-state index in [1.165, 1.54) is 12.8 Å². The Morgan fingerprint density at radius 1 is 1.18 bits per heavy atom. The molecule has 0 N–H and O–H groups in total. The van der Waals surface area contributed by atoms with Crippen molar-refractivity contribution in [3.8, 4) is 5.75 Å². The van der Waals surface area contributed by atoms with E-state index in [-0.39, 0.29) is 11.9 Å². The number of pyridine rings is 1. The third-order valence-electron chi connectivity index (χ3n) is 5.64. The summed E-state index contributed by atoms with van der Waals surface area (Å²) in [6.07, 6.45) is 2.40. The Morgan fingerprint density at radius 2 is 1.89 bits per heavy atom. The molecule has 1 amide bonds. The molecular weight excluding hydrogens is 348 g/mol. The molecule has 1 aromatic heterocycles. The number of fused-ring (bicyclic) bond motifs is 1. The Kier molecular flexibility index (Phi) is 5.03. The van der Waals surface area contributed by atoms with Gasteiger partial charge in [-0.15, -0.1) is 0 Å². The average Bonchev–Trinajstić information content (AvgIpc) is 3.56. The first-order chi connectivity index (χ1) is 13.6. The second kappa shape index (κ2) is 7.63. The van der Waals surface area contributed by atoms with Gasteiger partial charge in [0.1, 0.15) is 5.75 Å². The first-order valence-electron chi connectivity index (χ1n) is 9.87. The van der Waals surface area contributed by atoms with Crippen LogP contribution in [0.4, 0.5) is 0 Å². The molecule has 0 bridgehead atoms. The lowest BCUT2D eigenvalue weighted by Gasteiger charge is -2.30. The number of para-hydroxylation sites is 1.